The maximum atomic E-state index is 12.9. The summed E-state index contributed by atoms with van der Waals surface area (Å²) in [4.78, 5) is 17.3. The van der Waals surface area contributed by atoms with E-state index in [4.69, 9.17) is 13.9 Å². The number of ether oxygens (including phenoxy) is 2. The van der Waals surface area contributed by atoms with Crippen LogP contribution in [0.2, 0.25) is 0 Å². The summed E-state index contributed by atoms with van der Waals surface area (Å²) < 4.78 is 17.6. The van der Waals surface area contributed by atoms with Crippen molar-refractivity contribution >= 4 is 5.91 Å². The molecule has 0 unspecified atom stereocenters. The van der Waals surface area contributed by atoms with Crippen LogP contribution in [0.25, 0.3) is 22.8 Å². The van der Waals surface area contributed by atoms with E-state index in [1.54, 1.807) is 12.3 Å². The van der Waals surface area contributed by atoms with E-state index in [0.717, 1.165) is 5.56 Å². The average molecular weight is 412 g/mol. The first-order chi connectivity index (χ1) is 15.3. The molecule has 31 heavy (non-hydrogen) atoms. The van der Waals surface area contributed by atoms with Crippen LogP contribution >= 0.6 is 0 Å². The van der Waals surface area contributed by atoms with Crippen LogP contribution in [-0.4, -0.2) is 30.1 Å². The van der Waals surface area contributed by atoms with Crippen molar-refractivity contribution in [2.24, 2.45) is 0 Å². The van der Waals surface area contributed by atoms with Gasteiger partial charge in [0.25, 0.3) is 5.91 Å². The molecule has 6 nitrogen and oxygen atoms in total. The zero-order valence-corrected chi connectivity index (χ0v) is 16.7. The molecule has 154 valence electrons. The number of benzene rings is 3. The molecule has 5 rings (SSSR count). The van der Waals surface area contributed by atoms with Crippen molar-refractivity contribution in [3.63, 3.8) is 0 Å². The lowest BCUT2D eigenvalue weighted by molar-refractivity contribution is 0.0789. The molecule has 0 fully saturated rings. The molecule has 1 N–H and O–H groups in total. The van der Waals surface area contributed by atoms with E-state index in [0.29, 0.717) is 47.4 Å². The average Bonchev–Trinajstić information content (AvgIpc) is 3.33. The van der Waals surface area contributed by atoms with Crippen molar-refractivity contribution in [3.05, 3.63) is 90.6 Å². The van der Waals surface area contributed by atoms with Crippen molar-refractivity contribution in [1.82, 2.24) is 10.3 Å². The van der Waals surface area contributed by atoms with Crippen LogP contribution in [-0.2, 0) is 0 Å². The first-order valence-electron chi connectivity index (χ1n) is 10.1. The second kappa shape index (κ2) is 8.36. The van der Waals surface area contributed by atoms with Crippen molar-refractivity contribution in [1.29, 1.82) is 0 Å². The number of carbonyl (C=O) groups excluding carboxylic acids is 1. The number of carbonyl (C=O) groups is 1. The van der Waals surface area contributed by atoms with Gasteiger partial charge in [0.1, 0.15) is 12.7 Å². The van der Waals surface area contributed by atoms with E-state index in [1.807, 2.05) is 72.8 Å². The Hall–Kier alpha value is -4.06. The summed E-state index contributed by atoms with van der Waals surface area (Å²) >= 11 is 0. The van der Waals surface area contributed by atoms with Gasteiger partial charge in [-0.15, -0.1) is 0 Å². The highest BCUT2D eigenvalue weighted by Gasteiger charge is 2.22. The standard InChI is InChI=1S/C25H20N2O4/c28-24(26-14-18-16-29-21-12-6-7-13-22(21)30-18)19-10-4-5-11-20(19)25-27-15-23(31-25)17-8-2-1-3-9-17/h1-13,15,18H,14,16H2,(H,26,28)/t18-/m1/s1. The number of hydrogen-bond acceptors (Lipinski definition) is 5. The molecular formula is C25H20N2O4. The first kappa shape index (κ1) is 18.9. The molecule has 1 aliphatic rings. The molecule has 0 spiro atoms. The van der Waals surface area contributed by atoms with Crippen molar-refractivity contribution in [2.45, 2.75) is 6.10 Å². The predicted octanol–water partition coefficient (Wildman–Crippen LogP) is 4.58. The topological polar surface area (TPSA) is 73.6 Å². The number of aromatic nitrogens is 1. The molecule has 0 bridgehead atoms. The first-order valence-corrected chi connectivity index (χ1v) is 10.1. The summed E-state index contributed by atoms with van der Waals surface area (Å²) in [5.41, 5.74) is 2.05. The van der Waals surface area contributed by atoms with E-state index in [9.17, 15) is 4.79 Å². The van der Waals surface area contributed by atoms with Gasteiger partial charge >= 0.3 is 0 Å². The largest absolute Gasteiger partial charge is 0.486 e. The van der Waals surface area contributed by atoms with E-state index in [-0.39, 0.29) is 12.0 Å². The second-order valence-corrected chi connectivity index (χ2v) is 7.15. The smallest absolute Gasteiger partial charge is 0.252 e. The van der Waals surface area contributed by atoms with Crippen LogP contribution in [0, 0.1) is 0 Å². The molecule has 6 heteroatoms. The van der Waals surface area contributed by atoms with E-state index < -0.39 is 0 Å². The lowest BCUT2D eigenvalue weighted by atomic mass is 10.1. The van der Waals surface area contributed by atoms with Gasteiger partial charge in [0.05, 0.1) is 18.3 Å². The van der Waals surface area contributed by atoms with Crippen LogP contribution in [0.3, 0.4) is 0 Å². The summed E-state index contributed by atoms with van der Waals surface area (Å²) in [6.07, 6.45) is 1.40. The van der Waals surface area contributed by atoms with Gasteiger partial charge in [0.2, 0.25) is 5.89 Å². The van der Waals surface area contributed by atoms with Gasteiger partial charge in [-0.1, -0.05) is 54.6 Å². The molecule has 3 aromatic carbocycles. The van der Waals surface area contributed by atoms with Crippen LogP contribution in [0.15, 0.2) is 89.5 Å². The highest BCUT2D eigenvalue weighted by molar-refractivity contribution is 6.00. The summed E-state index contributed by atoms with van der Waals surface area (Å²) in [5, 5.41) is 2.93. The van der Waals surface area contributed by atoms with Crippen molar-refractivity contribution in [3.8, 4) is 34.3 Å². The Kier molecular flexibility index (Phi) is 5.10. The third-order valence-electron chi connectivity index (χ3n) is 5.02. The van der Waals surface area contributed by atoms with E-state index in [1.165, 1.54) is 0 Å². The molecule has 1 atom stereocenters. The Morgan fingerprint density at radius 1 is 0.935 bits per heavy atom. The fraction of sp³-hybridized carbons (Fsp3) is 0.120. The van der Waals surface area contributed by atoms with Crippen LogP contribution < -0.4 is 14.8 Å². The number of fused-ring (bicyclic) bond motifs is 1. The number of nitrogens with one attached hydrogen (secondary N) is 1. The van der Waals surface area contributed by atoms with E-state index >= 15 is 0 Å². The number of nitrogens with zero attached hydrogens (tertiary/aromatic N) is 1. The number of hydrogen-bond donors (Lipinski definition) is 1. The van der Waals surface area contributed by atoms with Gasteiger partial charge in [-0.25, -0.2) is 4.98 Å². The molecule has 1 aromatic heterocycles. The van der Waals surface area contributed by atoms with Crippen LogP contribution in [0.4, 0.5) is 0 Å². The summed E-state index contributed by atoms with van der Waals surface area (Å²) in [5.74, 6) is 2.22. The minimum atomic E-state index is -0.266. The summed E-state index contributed by atoms with van der Waals surface area (Å²) in [6, 6.07) is 24.5. The highest BCUT2D eigenvalue weighted by Crippen LogP contribution is 2.31. The fourth-order valence-electron chi connectivity index (χ4n) is 3.47. The number of para-hydroxylation sites is 2. The van der Waals surface area contributed by atoms with E-state index in [2.05, 4.69) is 10.3 Å². The molecular weight excluding hydrogens is 392 g/mol. The minimum absolute atomic E-state index is 0.225. The van der Waals surface area contributed by atoms with Gasteiger partial charge in [-0.05, 0) is 24.3 Å². The molecule has 0 aliphatic carbocycles. The van der Waals surface area contributed by atoms with Gasteiger partial charge in [-0.2, -0.15) is 0 Å². The Balaban J connectivity index is 1.31. The Bertz CT molecular complexity index is 1200. The maximum Gasteiger partial charge on any atom is 0.252 e. The van der Waals surface area contributed by atoms with Gasteiger partial charge in [0.15, 0.2) is 17.3 Å². The fourth-order valence-corrected chi connectivity index (χ4v) is 3.47. The van der Waals surface area contributed by atoms with Crippen LogP contribution in [0.1, 0.15) is 10.4 Å². The molecule has 2 heterocycles. The molecule has 0 saturated heterocycles. The third-order valence-corrected chi connectivity index (χ3v) is 5.02. The van der Waals surface area contributed by atoms with Gasteiger partial charge in [-0.3, -0.25) is 4.79 Å². The molecule has 1 amide bonds. The molecule has 0 saturated carbocycles. The lowest BCUT2D eigenvalue weighted by Gasteiger charge is -2.26. The lowest BCUT2D eigenvalue weighted by Crippen LogP contribution is -2.40. The zero-order chi connectivity index (χ0) is 21.0. The second-order valence-electron chi connectivity index (χ2n) is 7.15. The molecule has 1 aliphatic heterocycles. The summed E-state index contributed by atoms with van der Waals surface area (Å²) in [6.45, 7) is 0.696. The Labute approximate surface area is 179 Å². The third kappa shape index (κ3) is 4.00. The van der Waals surface area contributed by atoms with Gasteiger partial charge < -0.3 is 19.2 Å². The monoisotopic (exact) mass is 412 g/mol. The maximum absolute atomic E-state index is 12.9. The van der Waals surface area contributed by atoms with Gasteiger partial charge in [0, 0.05) is 11.1 Å². The number of rotatable bonds is 5. The Morgan fingerprint density at radius 2 is 1.68 bits per heavy atom. The number of oxazole rings is 1. The zero-order valence-electron chi connectivity index (χ0n) is 16.7. The number of amides is 1. The molecule has 0 radical (unpaired) electrons. The minimum Gasteiger partial charge on any atom is -0.486 e. The SMILES string of the molecule is O=C(NC[C@@H]1COc2ccccc2O1)c1ccccc1-c1ncc(-c2ccccc2)o1. The van der Waals surface area contributed by atoms with Crippen molar-refractivity contribution in [2.75, 3.05) is 13.2 Å². The molecule has 4 aromatic rings. The quantitative estimate of drug-likeness (QED) is 0.519. The summed E-state index contributed by atoms with van der Waals surface area (Å²) in [7, 11) is 0. The van der Waals surface area contributed by atoms with Crippen LogP contribution in [0.5, 0.6) is 11.5 Å². The normalized spacial score (nSPS) is 14.8. The predicted molar refractivity (Wildman–Crippen MR) is 116 cm³/mol. The Morgan fingerprint density at radius 3 is 2.55 bits per heavy atom. The highest BCUT2D eigenvalue weighted by atomic mass is 16.6. The van der Waals surface area contributed by atoms with Crippen molar-refractivity contribution < 1.29 is 18.7 Å².